The van der Waals surface area contributed by atoms with Crippen LogP contribution in [0.4, 0.5) is 8.78 Å². The van der Waals surface area contributed by atoms with Crippen molar-refractivity contribution < 1.29 is 18.4 Å². The molecule has 1 aliphatic heterocycles. The largest absolute Gasteiger partial charge is 0.353 e. The second kappa shape index (κ2) is 12.3. The lowest BCUT2D eigenvalue weighted by Crippen LogP contribution is -2.47. The molecule has 262 valence electrons. The third-order valence-corrected chi connectivity index (χ3v) is 10.00. The van der Waals surface area contributed by atoms with Gasteiger partial charge in [-0.15, -0.1) is 0 Å². The fourth-order valence-electron chi connectivity index (χ4n) is 6.61. The van der Waals surface area contributed by atoms with Gasteiger partial charge in [-0.1, -0.05) is 69.6 Å². The topological polar surface area (TPSA) is 147 Å². The van der Waals surface area contributed by atoms with E-state index in [2.05, 4.69) is 30.9 Å². The minimum Gasteiger partial charge on any atom is -0.353 e. The van der Waals surface area contributed by atoms with Crippen LogP contribution in [0.3, 0.4) is 0 Å². The molecule has 2 amide bonds. The number of nitrogens with one attached hydrogen (secondary N) is 3. The lowest BCUT2D eigenvalue weighted by molar-refractivity contribution is -0.135. The van der Waals surface area contributed by atoms with Crippen LogP contribution < -0.4 is 10.6 Å². The number of rotatable bonds is 11. The van der Waals surface area contributed by atoms with E-state index in [1.165, 1.54) is 11.0 Å². The van der Waals surface area contributed by atoms with Gasteiger partial charge in [-0.3, -0.25) is 19.9 Å². The molecule has 2 atom stereocenters. The van der Waals surface area contributed by atoms with Crippen molar-refractivity contribution in [1.29, 1.82) is 5.41 Å². The number of carbonyl (C=O) groups is 2. The summed E-state index contributed by atoms with van der Waals surface area (Å²) in [6.45, 7) is 7.92. The van der Waals surface area contributed by atoms with Crippen molar-refractivity contribution in [2.75, 3.05) is 6.54 Å². The SMILES string of the molecule is CC(C)(C)C[C@]1(c2ccc(-c3cnn(C4CC4)n3)cc2)NC(=N)N([C@H](CNC(=O)C2(C)CC2)c2ccc(Cl)c(-n3ncnc3C(F)F)c2)C1=O. The van der Waals surface area contributed by atoms with E-state index in [0.717, 1.165) is 47.9 Å². The Morgan fingerprint density at radius 2 is 1.86 bits per heavy atom. The molecule has 0 unspecified atom stereocenters. The monoisotopic (exact) mass is 704 g/mol. The van der Waals surface area contributed by atoms with E-state index >= 15 is 0 Å². The van der Waals surface area contributed by atoms with Crippen LogP contribution in [0.5, 0.6) is 0 Å². The zero-order valence-corrected chi connectivity index (χ0v) is 29.0. The predicted molar refractivity (Wildman–Crippen MR) is 182 cm³/mol. The van der Waals surface area contributed by atoms with E-state index < -0.39 is 29.2 Å². The van der Waals surface area contributed by atoms with Gasteiger partial charge in [0.1, 0.15) is 17.6 Å². The summed E-state index contributed by atoms with van der Waals surface area (Å²) in [7, 11) is 0. The molecule has 3 heterocycles. The lowest BCUT2D eigenvalue weighted by Gasteiger charge is -2.35. The molecule has 4 aromatic rings. The van der Waals surface area contributed by atoms with Crippen molar-refractivity contribution >= 4 is 29.4 Å². The van der Waals surface area contributed by atoms with E-state index in [9.17, 15) is 23.8 Å². The summed E-state index contributed by atoms with van der Waals surface area (Å²) in [6, 6.07) is 11.7. The van der Waals surface area contributed by atoms with Crippen molar-refractivity contribution in [2.45, 2.75) is 83.8 Å². The van der Waals surface area contributed by atoms with Gasteiger partial charge in [0, 0.05) is 17.5 Å². The number of carbonyl (C=O) groups excluding carboxylic acids is 2. The molecule has 2 aromatic carbocycles. The maximum Gasteiger partial charge on any atom is 0.297 e. The van der Waals surface area contributed by atoms with E-state index in [4.69, 9.17) is 11.6 Å². The second-order valence-electron chi connectivity index (χ2n) is 15.0. The molecule has 0 radical (unpaired) electrons. The normalized spacial score (nSPS) is 20.7. The molecule has 3 aliphatic rings. The Balaban J connectivity index is 1.27. The minimum atomic E-state index is -2.92. The summed E-state index contributed by atoms with van der Waals surface area (Å²) < 4.78 is 28.6. The van der Waals surface area contributed by atoms with Gasteiger partial charge < -0.3 is 10.6 Å². The number of benzene rings is 2. The maximum atomic E-state index is 15.0. The minimum absolute atomic E-state index is 0.0362. The van der Waals surface area contributed by atoms with Gasteiger partial charge >= 0.3 is 0 Å². The first-order chi connectivity index (χ1) is 23.7. The number of aromatic nitrogens is 6. The van der Waals surface area contributed by atoms with Crippen LogP contribution in [0.25, 0.3) is 16.9 Å². The summed E-state index contributed by atoms with van der Waals surface area (Å²) in [4.78, 5) is 34.9. The van der Waals surface area contributed by atoms with E-state index in [1.54, 1.807) is 23.1 Å². The van der Waals surface area contributed by atoms with Crippen LogP contribution in [0.15, 0.2) is 55.0 Å². The quantitative estimate of drug-likeness (QED) is 0.171. The summed E-state index contributed by atoms with van der Waals surface area (Å²) in [5.74, 6) is -1.29. The van der Waals surface area contributed by atoms with Gasteiger partial charge in [-0.05, 0) is 60.8 Å². The molecule has 7 rings (SSSR count). The first-order valence-electron chi connectivity index (χ1n) is 16.7. The lowest BCUT2D eigenvalue weighted by atomic mass is 9.75. The standard InChI is InChI=1S/C35H39ClF2N10O2/c1-33(2,3)18-35(22-8-5-20(6-9-22)25-16-42-48(45-25)23-10-11-23)31(50)46(32(39)44-35)27(17-40-30(49)34(4)13-14-34)21-7-12-24(36)26(15-21)47-29(28(37)38)41-19-43-47/h5-9,12,15-16,19,23,27-28H,10-11,13-14,17-18H2,1-4H3,(H2,39,44)(H,40,49)/t27-,35-/m1/s1. The highest BCUT2D eigenvalue weighted by Crippen LogP contribution is 2.46. The van der Waals surface area contributed by atoms with Crippen LogP contribution in [0, 0.1) is 16.2 Å². The molecular formula is C35H39ClF2N10O2. The highest BCUT2D eigenvalue weighted by Gasteiger charge is 2.55. The van der Waals surface area contributed by atoms with Gasteiger partial charge in [0.05, 0.1) is 29.0 Å². The first kappa shape index (κ1) is 33.8. The molecule has 0 bridgehead atoms. The molecule has 3 fully saturated rings. The molecule has 2 aliphatic carbocycles. The summed E-state index contributed by atoms with van der Waals surface area (Å²) in [5.41, 5.74) is 0.654. The smallest absolute Gasteiger partial charge is 0.297 e. The van der Waals surface area contributed by atoms with Crippen molar-refractivity contribution in [3.63, 3.8) is 0 Å². The zero-order chi connectivity index (χ0) is 35.6. The Hall–Kier alpha value is -4.72. The third-order valence-electron chi connectivity index (χ3n) is 9.68. The number of hydrogen-bond donors (Lipinski definition) is 3. The van der Waals surface area contributed by atoms with Crippen LogP contribution in [-0.2, 0) is 15.1 Å². The van der Waals surface area contributed by atoms with Crippen molar-refractivity contribution in [3.05, 3.63) is 77.0 Å². The van der Waals surface area contributed by atoms with E-state index in [-0.39, 0.29) is 40.4 Å². The van der Waals surface area contributed by atoms with Crippen LogP contribution in [0.2, 0.25) is 5.02 Å². The van der Waals surface area contributed by atoms with Crippen molar-refractivity contribution in [2.24, 2.45) is 10.8 Å². The Labute approximate surface area is 293 Å². The number of alkyl halides is 2. The number of guanidine groups is 1. The number of halogens is 3. The molecule has 50 heavy (non-hydrogen) atoms. The molecule has 2 aromatic heterocycles. The van der Waals surface area contributed by atoms with Crippen LogP contribution in [-0.4, -0.2) is 59.0 Å². The second-order valence-corrected chi connectivity index (χ2v) is 15.4. The molecule has 15 heteroatoms. The van der Waals surface area contributed by atoms with E-state index in [0.29, 0.717) is 23.6 Å². The number of amides is 2. The molecule has 1 saturated heterocycles. The average Bonchev–Trinajstić information content (AvgIpc) is 3.91. The highest BCUT2D eigenvalue weighted by molar-refractivity contribution is 6.32. The predicted octanol–water partition coefficient (Wildman–Crippen LogP) is 6.11. The van der Waals surface area contributed by atoms with Crippen LogP contribution in [0.1, 0.15) is 95.3 Å². The maximum absolute atomic E-state index is 15.0. The van der Waals surface area contributed by atoms with E-state index in [1.807, 2.05) is 52.0 Å². The Morgan fingerprint density at radius 1 is 1.14 bits per heavy atom. The fraction of sp³-hybridized carbons (Fsp3) is 0.457. The summed E-state index contributed by atoms with van der Waals surface area (Å²) in [5, 5.41) is 28.6. The van der Waals surface area contributed by atoms with Gasteiger partial charge in [-0.2, -0.15) is 20.1 Å². The van der Waals surface area contributed by atoms with Gasteiger partial charge in [0.2, 0.25) is 5.91 Å². The summed E-state index contributed by atoms with van der Waals surface area (Å²) in [6.07, 6.45) is 3.81. The average molecular weight is 705 g/mol. The Kier molecular flexibility index (Phi) is 8.27. The molecule has 12 nitrogen and oxygen atoms in total. The molecule has 0 spiro atoms. The molecular weight excluding hydrogens is 666 g/mol. The number of hydrogen-bond acceptors (Lipinski definition) is 7. The number of nitrogens with zero attached hydrogens (tertiary/aromatic N) is 7. The van der Waals surface area contributed by atoms with Crippen molar-refractivity contribution in [3.8, 4) is 16.9 Å². The van der Waals surface area contributed by atoms with Gasteiger partial charge in [0.25, 0.3) is 12.3 Å². The van der Waals surface area contributed by atoms with Gasteiger partial charge in [0.15, 0.2) is 11.8 Å². The van der Waals surface area contributed by atoms with Gasteiger partial charge in [-0.25, -0.2) is 18.4 Å². The fourth-order valence-corrected chi connectivity index (χ4v) is 6.81. The zero-order valence-electron chi connectivity index (χ0n) is 28.3. The first-order valence-corrected chi connectivity index (χ1v) is 17.1. The highest BCUT2D eigenvalue weighted by atomic mass is 35.5. The molecule has 3 N–H and O–H groups in total. The third kappa shape index (κ3) is 6.25. The Bertz CT molecular complexity index is 1960. The summed E-state index contributed by atoms with van der Waals surface area (Å²) >= 11 is 6.51. The molecule has 2 saturated carbocycles. The van der Waals surface area contributed by atoms with Crippen molar-refractivity contribution in [1.82, 2.24) is 45.3 Å². The Morgan fingerprint density at radius 3 is 2.50 bits per heavy atom. The van der Waals surface area contributed by atoms with Crippen LogP contribution >= 0.6 is 11.6 Å².